The van der Waals surface area contributed by atoms with Crippen molar-refractivity contribution in [1.82, 2.24) is 20.6 Å². The number of amides is 2. The van der Waals surface area contributed by atoms with E-state index in [1.807, 2.05) is 0 Å². The molecule has 1 saturated carbocycles. The zero-order valence-corrected chi connectivity index (χ0v) is 11.3. The van der Waals surface area contributed by atoms with Gasteiger partial charge in [-0.3, -0.25) is 0 Å². The van der Waals surface area contributed by atoms with Gasteiger partial charge in [0.2, 0.25) is 0 Å². The average molecular weight is 280 g/mol. The number of carboxylic acids is 1. The highest BCUT2D eigenvalue weighted by atomic mass is 16.4. The van der Waals surface area contributed by atoms with Crippen molar-refractivity contribution in [2.24, 2.45) is 5.92 Å². The van der Waals surface area contributed by atoms with Crippen molar-refractivity contribution in [3.05, 3.63) is 18.2 Å². The van der Waals surface area contributed by atoms with Crippen molar-refractivity contribution in [2.45, 2.75) is 44.7 Å². The van der Waals surface area contributed by atoms with Crippen LogP contribution < -0.4 is 10.6 Å². The second kappa shape index (κ2) is 6.93. The fraction of sp³-hybridized carbons (Fsp3) is 0.615. The number of carbonyl (C=O) groups is 2. The summed E-state index contributed by atoms with van der Waals surface area (Å²) in [5.41, 5.74) is 0. The number of rotatable bonds is 5. The van der Waals surface area contributed by atoms with Gasteiger partial charge >= 0.3 is 12.0 Å². The summed E-state index contributed by atoms with van der Waals surface area (Å²) in [6.07, 6.45) is 8.18. The molecule has 0 aliphatic heterocycles. The normalized spacial score (nSPS) is 17.4. The van der Waals surface area contributed by atoms with E-state index in [-0.39, 0.29) is 12.5 Å². The van der Waals surface area contributed by atoms with Crippen LogP contribution in [0.3, 0.4) is 0 Å². The van der Waals surface area contributed by atoms with Crippen molar-refractivity contribution >= 4 is 12.0 Å². The van der Waals surface area contributed by atoms with Crippen LogP contribution in [-0.2, 0) is 11.3 Å². The third kappa shape index (κ3) is 3.97. The topological polar surface area (TPSA) is 107 Å². The number of carboxylic acid groups (broad SMARTS) is 1. The Morgan fingerprint density at radius 3 is 2.75 bits per heavy atom. The highest BCUT2D eigenvalue weighted by Gasteiger charge is 2.30. The molecule has 0 saturated heterocycles. The molecule has 1 aromatic heterocycles. The second-order valence-electron chi connectivity index (χ2n) is 5.08. The maximum absolute atomic E-state index is 11.8. The minimum atomic E-state index is -0.968. The summed E-state index contributed by atoms with van der Waals surface area (Å²) in [6, 6.07) is -1.29. The molecule has 1 aliphatic carbocycles. The van der Waals surface area contributed by atoms with E-state index in [0.29, 0.717) is 5.82 Å². The minimum absolute atomic E-state index is 0.0237. The first-order chi connectivity index (χ1) is 9.66. The molecule has 1 unspecified atom stereocenters. The molecule has 2 amide bonds. The van der Waals surface area contributed by atoms with Crippen LogP contribution in [0.15, 0.2) is 12.4 Å². The first-order valence-corrected chi connectivity index (χ1v) is 6.92. The third-order valence-electron chi connectivity index (χ3n) is 3.65. The lowest BCUT2D eigenvalue weighted by Crippen LogP contribution is -2.50. The van der Waals surface area contributed by atoms with Gasteiger partial charge in [-0.2, -0.15) is 0 Å². The Morgan fingerprint density at radius 2 is 2.15 bits per heavy atom. The van der Waals surface area contributed by atoms with E-state index in [4.69, 9.17) is 0 Å². The van der Waals surface area contributed by atoms with Crippen molar-refractivity contribution in [3.63, 3.8) is 0 Å². The van der Waals surface area contributed by atoms with E-state index < -0.39 is 18.0 Å². The zero-order chi connectivity index (χ0) is 14.4. The molecule has 20 heavy (non-hydrogen) atoms. The molecular weight excluding hydrogens is 260 g/mol. The van der Waals surface area contributed by atoms with Crippen LogP contribution in [0.5, 0.6) is 0 Å². The standard InChI is InChI=1S/C13H20N4O3/c18-12(19)11(9-4-2-1-3-5-9)17-13(20)16-8-10-14-6-7-15-10/h6-7,9,11H,1-5,8H2,(H,14,15)(H,18,19)(H2,16,17,20). The highest BCUT2D eigenvalue weighted by Crippen LogP contribution is 2.26. The summed E-state index contributed by atoms with van der Waals surface area (Å²) in [7, 11) is 0. The fourth-order valence-electron chi connectivity index (χ4n) is 2.60. The van der Waals surface area contributed by atoms with Gasteiger partial charge in [0.1, 0.15) is 11.9 Å². The number of imidazole rings is 1. The molecule has 4 N–H and O–H groups in total. The number of nitrogens with one attached hydrogen (secondary N) is 3. The van der Waals surface area contributed by atoms with Crippen LogP contribution in [0.25, 0.3) is 0 Å². The van der Waals surface area contributed by atoms with Crippen LogP contribution in [0, 0.1) is 5.92 Å². The Labute approximate surface area is 117 Å². The molecule has 7 nitrogen and oxygen atoms in total. The van der Waals surface area contributed by atoms with Gasteiger partial charge in [0.15, 0.2) is 0 Å². The predicted octanol–water partition coefficient (Wildman–Crippen LogP) is 1.24. The van der Waals surface area contributed by atoms with Gasteiger partial charge in [-0.05, 0) is 18.8 Å². The van der Waals surface area contributed by atoms with E-state index in [1.165, 1.54) is 0 Å². The molecule has 0 aromatic carbocycles. The van der Waals surface area contributed by atoms with Gasteiger partial charge in [0.25, 0.3) is 0 Å². The smallest absolute Gasteiger partial charge is 0.326 e. The van der Waals surface area contributed by atoms with Crippen molar-refractivity contribution in [1.29, 1.82) is 0 Å². The molecular formula is C13H20N4O3. The van der Waals surface area contributed by atoms with E-state index in [2.05, 4.69) is 20.6 Å². The van der Waals surface area contributed by atoms with E-state index >= 15 is 0 Å². The van der Waals surface area contributed by atoms with Gasteiger partial charge < -0.3 is 20.7 Å². The molecule has 1 atom stereocenters. The van der Waals surface area contributed by atoms with Crippen molar-refractivity contribution in [3.8, 4) is 0 Å². The summed E-state index contributed by atoms with van der Waals surface area (Å²) in [5.74, 6) is -0.314. The molecule has 7 heteroatoms. The number of urea groups is 1. The van der Waals surface area contributed by atoms with Crippen LogP contribution >= 0.6 is 0 Å². The zero-order valence-electron chi connectivity index (χ0n) is 11.3. The fourth-order valence-corrected chi connectivity index (χ4v) is 2.60. The lowest BCUT2D eigenvalue weighted by Gasteiger charge is -2.27. The van der Waals surface area contributed by atoms with Crippen LogP contribution in [0.4, 0.5) is 4.79 Å². The number of hydrogen-bond donors (Lipinski definition) is 4. The number of aromatic amines is 1. The first kappa shape index (κ1) is 14.4. The van der Waals surface area contributed by atoms with Crippen molar-refractivity contribution in [2.75, 3.05) is 0 Å². The number of H-pyrrole nitrogens is 1. The Hall–Kier alpha value is -2.05. The van der Waals surface area contributed by atoms with E-state index in [1.54, 1.807) is 12.4 Å². The molecule has 0 radical (unpaired) electrons. The Balaban J connectivity index is 1.83. The number of aromatic nitrogens is 2. The largest absolute Gasteiger partial charge is 0.480 e. The maximum Gasteiger partial charge on any atom is 0.326 e. The number of carbonyl (C=O) groups excluding carboxylic acids is 1. The third-order valence-corrected chi connectivity index (χ3v) is 3.65. The lowest BCUT2D eigenvalue weighted by atomic mass is 9.84. The van der Waals surface area contributed by atoms with E-state index in [9.17, 15) is 14.7 Å². The van der Waals surface area contributed by atoms with Gasteiger partial charge in [0, 0.05) is 12.4 Å². The van der Waals surface area contributed by atoms with Crippen LogP contribution in [0.2, 0.25) is 0 Å². The van der Waals surface area contributed by atoms with Crippen molar-refractivity contribution < 1.29 is 14.7 Å². The molecule has 110 valence electrons. The molecule has 1 heterocycles. The SMILES string of the molecule is O=C(NCc1ncc[nH]1)NC(C(=O)O)C1CCCCC1. The number of nitrogens with zero attached hydrogens (tertiary/aromatic N) is 1. The van der Waals surface area contributed by atoms with Crippen LogP contribution in [-0.4, -0.2) is 33.1 Å². The summed E-state index contributed by atoms with van der Waals surface area (Å²) < 4.78 is 0. The average Bonchev–Trinajstić information content (AvgIpc) is 2.96. The lowest BCUT2D eigenvalue weighted by molar-refractivity contribution is -0.141. The Kier molecular flexibility index (Phi) is 4.97. The highest BCUT2D eigenvalue weighted by molar-refractivity contribution is 5.82. The van der Waals surface area contributed by atoms with Gasteiger partial charge in [-0.1, -0.05) is 19.3 Å². The molecule has 1 aliphatic rings. The monoisotopic (exact) mass is 280 g/mol. The summed E-state index contributed by atoms with van der Waals surface area (Å²) >= 11 is 0. The number of aliphatic carboxylic acids is 1. The summed E-state index contributed by atoms with van der Waals surface area (Å²) in [6.45, 7) is 0.246. The predicted molar refractivity (Wildman–Crippen MR) is 72.0 cm³/mol. The molecule has 0 spiro atoms. The second-order valence-corrected chi connectivity index (χ2v) is 5.08. The summed E-state index contributed by atoms with van der Waals surface area (Å²) in [4.78, 5) is 29.9. The quantitative estimate of drug-likeness (QED) is 0.651. The maximum atomic E-state index is 11.8. The van der Waals surface area contributed by atoms with Gasteiger partial charge in [-0.15, -0.1) is 0 Å². The number of hydrogen-bond acceptors (Lipinski definition) is 3. The Bertz CT molecular complexity index is 440. The molecule has 2 rings (SSSR count). The minimum Gasteiger partial charge on any atom is -0.480 e. The van der Waals surface area contributed by atoms with Gasteiger partial charge in [-0.25, -0.2) is 14.6 Å². The van der Waals surface area contributed by atoms with Gasteiger partial charge in [0.05, 0.1) is 6.54 Å². The molecule has 1 fully saturated rings. The van der Waals surface area contributed by atoms with E-state index in [0.717, 1.165) is 32.1 Å². The van der Waals surface area contributed by atoms with Crippen LogP contribution in [0.1, 0.15) is 37.9 Å². The molecule has 1 aromatic rings. The Morgan fingerprint density at radius 1 is 1.40 bits per heavy atom. The summed E-state index contributed by atoms with van der Waals surface area (Å²) in [5, 5.41) is 14.4. The molecule has 0 bridgehead atoms. The first-order valence-electron chi connectivity index (χ1n) is 6.92.